The minimum Gasteiger partial charge on any atom is -0.445 e. The molecule has 0 bridgehead atoms. The Morgan fingerprint density at radius 1 is 1.14 bits per heavy atom. The van der Waals surface area contributed by atoms with Crippen molar-refractivity contribution in [3.05, 3.63) is 47.0 Å². The molecule has 0 aromatic heterocycles. The first-order valence-corrected chi connectivity index (χ1v) is 17.5. The molecule has 1 aromatic carbocycles. The summed E-state index contributed by atoms with van der Waals surface area (Å²) in [5.41, 5.74) is 4.32. The molecule has 0 radical (unpaired) electrons. The molecule has 7 rings (SSSR count). The molecule has 1 aromatic rings. The molecule has 4 aliphatic carbocycles. The van der Waals surface area contributed by atoms with Crippen LogP contribution in [0, 0.1) is 40.9 Å². The SMILES string of the molecule is CC1=C2C[C@H]3[C@@H](CC[C@@H]4CC(=O)C(Br)C[C@@]43C)[C@@H]2CC[C@@]2(C1)O[C@@H]1C[C@H](C)CN(C(=O)OCc3ccccc3)[C@H]1[C@H]2C. The number of ketones is 1. The van der Waals surface area contributed by atoms with Crippen LogP contribution in [-0.2, 0) is 20.9 Å². The average molecular weight is 639 g/mol. The van der Waals surface area contributed by atoms with E-state index in [0.717, 1.165) is 50.1 Å². The third-order valence-electron chi connectivity index (χ3n) is 13.0. The lowest BCUT2D eigenvalue weighted by Crippen LogP contribution is -2.54. The lowest BCUT2D eigenvalue weighted by atomic mass is 9.52. The molecule has 2 saturated heterocycles. The maximum atomic E-state index is 13.5. The Morgan fingerprint density at radius 2 is 1.93 bits per heavy atom. The molecular weight excluding hydrogens is 590 g/mol. The highest BCUT2D eigenvalue weighted by Crippen LogP contribution is 2.65. The summed E-state index contributed by atoms with van der Waals surface area (Å²) in [5, 5.41) is 0. The zero-order chi connectivity index (χ0) is 29.4. The van der Waals surface area contributed by atoms with Crippen molar-refractivity contribution in [3.63, 3.8) is 0 Å². The first kappa shape index (κ1) is 29.1. The number of ether oxygens (including phenoxy) is 2. The molecule has 228 valence electrons. The van der Waals surface area contributed by atoms with Crippen LogP contribution in [0.5, 0.6) is 0 Å². The van der Waals surface area contributed by atoms with E-state index in [9.17, 15) is 9.59 Å². The van der Waals surface area contributed by atoms with E-state index in [-0.39, 0.29) is 40.0 Å². The van der Waals surface area contributed by atoms with E-state index in [1.807, 2.05) is 35.2 Å². The Kier molecular flexibility index (Phi) is 7.44. The molecule has 5 nitrogen and oxygen atoms in total. The Hall–Kier alpha value is -1.66. The van der Waals surface area contributed by atoms with Gasteiger partial charge in [-0.3, -0.25) is 4.79 Å². The summed E-state index contributed by atoms with van der Waals surface area (Å²) in [5.74, 6) is 3.67. The van der Waals surface area contributed by atoms with Gasteiger partial charge in [0, 0.05) is 18.9 Å². The fourth-order valence-electron chi connectivity index (χ4n) is 10.9. The van der Waals surface area contributed by atoms with E-state index >= 15 is 0 Å². The third-order valence-corrected chi connectivity index (χ3v) is 13.8. The summed E-state index contributed by atoms with van der Waals surface area (Å²) < 4.78 is 13.1. The molecule has 1 amide bonds. The summed E-state index contributed by atoms with van der Waals surface area (Å²) in [4.78, 5) is 28.2. The average Bonchev–Trinajstić information content (AvgIpc) is 3.42. The van der Waals surface area contributed by atoms with Crippen LogP contribution in [-0.4, -0.2) is 45.9 Å². The lowest BCUT2D eigenvalue weighted by molar-refractivity contribution is -0.128. The maximum Gasteiger partial charge on any atom is 0.410 e. The van der Waals surface area contributed by atoms with E-state index in [1.165, 1.54) is 25.7 Å². The van der Waals surface area contributed by atoms with Crippen molar-refractivity contribution < 1.29 is 19.1 Å². The zero-order valence-corrected chi connectivity index (χ0v) is 27.4. The molecule has 6 heteroatoms. The number of nitrogens with zero attached hydrogens (tertiary/aromatic N) is 1. The lowest BCUT2D eigenvalue weighted by Gasteiger charge is -2.53. The molecule has 1 unspecified atom stereocenters. The normalized spacial score (nSPS) is 44.7. The minimum atomic E-state index is -0.215. The van der Waals surface area contributed by atoms with E-state index < -0.39 is 0 Å². The second-order valence-electron chi connectivity index (χ2n) is 15.3. The summed E-state index contributed by atoms with van der Waals surface area (Å²) in [6.07, 6.45) is 9.54. The van der Waals surface area contributed by atoms with Gasteiger partial charge in [0.05, 0.1) is 22.6 Å². The maximum absolute atomic E-state index is 13.5. The number of carbonyl (C=O) groups is 2. The van der Waals surface area contributed by atoms with Gasteiger partial charge in [-0.2, -0.15) is 0 Å². The molecule has 6 aliphatic rings. The van der Waals surface area contributed by atoms with Crippen LogP contribution in [0.25, 0.3) is 0 Å². The second kappa shape index (κ2) is 10.8. The van der Waals surface area contributed by atoms with Crippen molar-refractivity contribution in [1.29, 1.82) is 0 Å². The molecular formula is C36H48BrNO4. The number of fused-ring (bicyclic) bond motifs is 6. The Labute approximate surface area is 260 Å². The third kappa shape index (κ3) is 4.64. The van der Waals surface area contributed by atoms with E-state index in [4.69, 9.17) is 9.47 Å². The second-order valence-corrected chi connectivity index (χ2v) is 16.4. The van der Waals surface area contributed by atoms with Crippen molar-refractivity contribution in [2.45, 2.75) is 115 Å². The topological polar surface area (TPSA) is 55.8 Å². The fraction of sp³-hybridized carbons (Fsp3) is 0.722. The molecule has 5 fully saturated rings. The molecule has 0 N–H and O–H groups in total. The number of piperidine rings is 1. The highest BCUT2D eigenvalue weighted by Gasteiger charge is 2.61. The van der Waals surface area contributed by atoms with Crippen LogP contribution >= 0.6 is 15.9 Å². The van der Waals surface area contributed by atoms with Crippen LogP contribution in [0.15, 0.2) is 41.5 Å². The quantitative estimate of drug-likeness (QED) is 0.243. The van der Waals surface area contributed by atoms with Crippen LogP contribution in [0.2, 0.25) is 0 Å². The van der Waals surface area contributed by atoms with E-state index in [2.05, 4.69) is 43.6 Å². The standard InChI is InChI=1S/C36H48BrNO4/c1-21-14-32-33(38(19-21)34(40)41-20-24-8-6-5-7-9-24)23(3)36(42-32)13-12-26-27-11-10-25-15-31(39)30(37)18-35(25,4)29(27)16-28(26)22(2)17-36/h5-9,21,23,25-27,29-30,32-33H,10-20H2,1-4H3/t21-,23+,25+,26-,27-,29-,30?,32+,33-,35-,36-/m0/s1. The number of rotatable bonds is 2. The highest BCUT2D eigenvalue weighted by atomic mass is 79.9. The Bertz CT molecular complexity index is 1260. The number of amides is 1. The summed E-state index contributed by atoms with van der Waals surface area (Å²) in [6.45, 7) is 10.5. The van der Waals surface area contributed by atoms with Gasteiger partial charge in [-0.15, -0.1) is 0 Å². The molecule has 11 atom stereocenters. The van der Waals surface area contributed by atoms with Gasteiger partial charge >= 0.3 is 6.09 Å². The number of likely N-dealkylation sites (tertiary alicyclic amines) is 1. The van der Waals surface area contributed by atoms with Gasteiger partial charge in [0.15, 0.2) is 0 Å². The van der Waals surface area contributed by atoms with Gasteiger partial charge in [0.2, 0.25) is 0 Å². The van der Waals surface area contributed by atoms with E-state index in [1.54, 1.807) is 11.1 Å². The van der Waals surface area contributed by atoms with Crippen molar-refractivity contribution >= 4 is 27.8 Å². The van der Waals surface area contributed by atoms with Gasteiger partial charge in [-0.1, -0.05) is 78.2 Å². The van der Waals surface area contributed by atoms with Gasteiger partial charge in [-0.25, -0.2) is 4.79 Å². The number of hydrogen-bond acceptors (Lipinski definition) is 4. The monoisotopic (exact) mass is 637 g/mol. The van der Waals surface area contributed by atoms with Crippen molar-refractivity contribution in [1.82, 2.24) is 4.90 Å². The van der Waals surface area contributed by atoms with Gasteiger partial charge in [-0.05, 0) is 98.9 Å². The van der Waals surface area contributed by atoms with Crippen LogP contribution in [0.1, 0.15) is 91.0 Å². The molecule has 3 saturated carbocycles. The predicted octanol–water partition coefficient (Wildman–Crippen LogP) is 8.10. The molecule has 1 spiro atoms. The molecule has 42 heavy (non-hydrogen) atoms. The largest absolute Gasteiger partial charge is 0.445 e. The number of carbonyl (C=O) groups excluding carboxylic acids is 2. The van der Waals surface area contributed by atoms with Crippen molar-refractivity contribution in [3.8, 4) is 0 Å². The Morgan fingerprint density at radius 3 is 2.71 bits per heavy atom. The summed E-state index contributed by atoms with van der Waals surface area (Å²) in [7, 11) is 0. The first-order chi connectivity index (χ1) is 20.1. The smallest absolute Gasteiger partial charge is 0.410 e. The van der Waals surface area contributed by atoms with E-state index in [0.29, 0.717) is 36.1 Å². The fourth-order valence-corrected chi connectivity index (χ4v) is 11.8. The number of Topliss-reactive ketones (excluding diaryl/α,β-unsaturated/α-hetero) is 1. The number of benzene rings is 1. The highest BCUT2D eigenvalue weighted by molar-refractivity contribution is 9.10. The van der Waals surface area contributed by atoms with Crippen molar-refractivity contribution in [2.24, 2.45) is 40.9 Å². The van der Waals surface area contributed by atoms with Crippen LogP contribution < -0.4 is 0 Å². The van der Waals surface area contributed by atoms with Crippen LogP contribution in [0.4, 0.5) is 4.79 Å². The zero-order valence-electron chi connectivity index (χ0n) is 25.8. The molecule has 2 heterocycles. The van der Waals surface area contributed by atoms with Gasteiger partial charge in [0.25, 0.3) is 0 Å². The minimum absolute atomic E-state index is 0.0297. The molecule has 2 aliphatic heterocycles. The number of allylic oxidation sites excluding steroid dienone is 1. The summed E-state index contributed by atoms with van der Waals surface area (Å²) >= 11 is 3.75. The Balaban J connectivity index is 1.11. The number of hydrogen-bond donors (Lipinski definition) is 0. The number of halogens is 1. The van der Waals surface area contributed by atoms with Crippen LogP contribution in [0.3, 0.4) is 0 Å². The van der Waals surface area contributed by atoms with Crippen molar-refractivity contribution in [2.75, 3.05) is 6.54 Å². The van der Waals surface area contributed by atoms with Gasteiger partial charge < -0.3 is 14.4 Å². The first-order valence-electron chi connectivity index (χ1n) is 16.6. The number of alkyl halides is 1. The van der Waals surface area contributed by atoms with Gasteiger partial charge in [0.1, 0.15) is 12.4 Å². The predicted molar refractivity (Wildman–Crippen MR) is 167 cm³/mol. The summed E-state index contributed by atoms with van der Waals surface area (Å²) in [6, 6.07) is 10.0.